The Morgan fingerprint density at radius 3 is 2.31 bits per heavy atom. The highest BCUT2D eigenvalue weighted by molar-refractivity contribution is 4.89. The Labute approximate surface area is 102 Å². The van der Waals surface area contributed by atoms with Gasteiger partial charge >= 0.3 is 0 Å². The summed E-state index contributed by atoms with van der Waals surface area (Å²) in [5.41, 5.74) is 4.58. The summed E-state index contributed by atoms with van der Waals surface area (Å²) in [6.45, 7) is 15.2. The lowest BCUT2D eigenvalue weighted by Gasteiger charge is -2.26. The minimum atomic E-state index is 0.410. The van der Waals surface area contributed by atoms with Crippen molar-refractivity contribution in [2.24, 2.45) is 17.2 Å². The van der Waals surface area contributed by atoms with Crippen LogP contribution in [-0.4, -0.2) is 6.04 Å². The molecule has 0 aliphatic carbocycles. The molecule has 96 valence electrons. The zero-order valence-corrected chi connectivity index (χ0v) is 11.8. The molecule has 2 heteroatoms. The molecule has 0 aliphatic rings. The second-order valence-corrected chi connectivity index (χ2v) is 6.47. The Morgan fingerprint density at radius 2 is 1.94 bits per heavy atom. The first-order chi connectivity index (χ1) is 7.24. The van der Waals surface area contributed by atoms with Gasteiger partial charge in [-0.25, -0.2) is 0 Å². The number of nitrogens with two attached hydrogens (primary N) is 1. The second kappa shape index (κ2) is 7.08. The van der Waals surface area contributed by atoms with Gasteiger partial charge in [-0.15, -0.1) is 6.58 Å². The molecule has 0 amide bonds. The molecule has 0 saturated carbocycles. The van der Waals surface area contributed by atoms with Crippen LogP contribution in [0.5, 0.6) is 0 Å². The molecule has 0 aromatic carbocycles. The smallest absolute Gasteiger partial charge is 0.0216 e. The highest BCUT2D eigenvalue weighted by atomic mass is 15.2. The van der Waals surface area contributed by atoms with E-state index in [9.17, 15) is 0 Å². The van der Waals surface area contributed by atoms with Crippen LogP contribution in [0.4, 0.5) is 0 Å². The van der Waals surface area contributed by atoms with Crippen molar-refractivity contribution in [3.8, 4) is 0 Å². The Kier molecular flexibility index (Phi) is 6.93. The average Bonchev–Trinajstić information content (AvgIpc) is 2.08. The largest absolute Gasteiger partial charge is 0.271 e. The van der Waals surface area contributed by atoms with Crippen molar-refractivity contribution in [2.75, 3.05) is 0 Å². The fraction of sp³-hybridized carbons (Fsp3) is 0.857. The average molecular weight is 226 g/mol. The third-order valence-corrected chi connectivity index (χ3v) is 2.80. The summed E-state index contributed by atoms with van der Waals surface area (Å²) in [5, 5.41) is 0. The van der Waals surface area contributed by atoms with E-state index in [1.54, 1.807) is 0 Å². The van der Waals surface area contributed by atoms with Gasteiger partial charge in [0.05, 0.1) is 0 Å². The van der Waals surface area contributed by atoms with Crippen molar-refractivity contribution < 1.29 is 0 Å². The van der Waals surface area contributed by atoms with Gasteiger partial charge in [-0.2, -0.15) is 0 Å². The first-order valence-corrected chi connectivity index (χ1v) is 6.35. The predicted octanol–water partition coefficient (Wildman–Crippen LogP) is 3.64. The van der Waals surface area contributed by atoms with Gasteiger partial charge in [0.1, 0.15) is 0 Å². The van der Waals surface area contributed by atoms with Crippen molar-refractivity contribution in [1.29, 1.82) is 0 Å². The highest BCUT2D eigenvalue weighted by Gasteiger charge is 2.18. The second-order valence-electron chi connectivity index (χ2n) is 6.47. The number of hydrazine groups is 1. The topological polar surface area (TPSA) is 38.0 Å². The van der Waals surface area contributed by atoms with E-state index in [2.05, 4.69) is 46.6 Å². The van der Waals surface area contributed by atoms with Crippen LogP contribution in [0, 0.1) is 11.3 Å². The van der Waals surface area contributed by atoms with Crippen molar-refractivity contribution in [3.63, 3.8) is 0 Å². The van der Waals surface area contributed by atoms with Gasteiger partial charge in [-0.3, -0.25) is 11.3 Å². The molecule has 2 nitrogen and oxygen atoms in total. The van der Waals surface area contributed by atoms with Gasteiger partial charge in [-0.1, -0.05) is 33.3 Å². The quantitative estimate of drug-likeness (QED) is 0.395. The third kappa shape index (κ3) is 8.93. The molecule has 0 radical (unpaired) electrons. The van der Waals surface area contributed by atoms with Crippen LogP contribution in [0.15, 0.2) is 12.2 Å². The lowest BCUT2D eigenvalue weighted by Crippen LogP contribution is -2.36. The Morgan fingerprint density at radius 1 is 1.38 bits per heavy atom. The highest BCUT2D eigenvalue weighted by Crippen LogP contribution is 2.27. The maximum atomic E-state index is 5.59. The van der Waals surface area contributed by atoms with Crippen LogP contribution in [0.2, 0.25) is 0 Å². The molecule has 0 aliphatic heterocycles. The molecule has 0 rings (SSSR count). The lowest BCUT2D eigenvalue weighted by atomic mass is 9.82. The van der Waals surface area contributed by atoms with E-state index < -0.39 is 0 Å². The molecule has 0 heterocycles. The predicted molar refractivity (Wildman–Crippen MR) is 73.0 cm³/mol. The van der Waals surface area contributed by atoms with Gasteiger partial charge < -0.3 is 0 Å². The van der Waals surface area contributed by atoms with Crippen LogP contribution in [-0.2, 0) is 0 Å². The Balaban J connectivity index is 3.96. The minimum absolute atomic E-state index is 0.410. The molecule has 0 saturated heterocycles. The van der Waals surface area contributed by atoms with E-state index in [1.807, 2.05) is 0 Å². The van der Waals surface area contributed by atoms with Gasteiger partial charge in [-0.05, 0) is 43.9 Å². The van der Waals surface area contributed by atoms with Gasteiger partial charge in [0.15, 0.2) is 0 Å². The molecule has 0 fully saturated rings. The number of nitrogens with one attached hydrogen (secondary N) is 1. The molecule has 0 aromatic rings. The summed E-state index contributed by atoms with van der Waals surface area (Å²) in [7, 11) is 0. The van der Waals surface area contributed by atoms with Gasteiger partial charge in [0.2, 0.25) is 0 Å². The fourth-order valence-electron chi connectivity index (χ4n) is 2.30. The third-order valence-electron chi connectivity index (χ3n) is 2.80. The molecule has 0 bridgehead atoms. The molecule has 2 atom stereocenters. The number of rotatable bonds is 7. The monoisotopic (exact) mass is 226 g/mol. The van der Waals surface area contributed by atoms with Crippen molar-refractivity contribution in [2.45, 2.75) is 66.3 Å². The Hall–Kier alpha value is -0.340. The number of hydrogen-bond acceptors (Lipinski definition) is 2. The maximum absolute atomic E-state index is 5.59. The molecule has 2 unspecified atom stereocenters. The first kappa shape index (κ1) is 15.7. The summed E-state index contributed by atoms with van der Waals surface area (Å²) in [6, 6.07) is 0.425. The zero-order valence-electron chi connectivity index (χ0n) is 11.8. The maximum Gasteiger partial charge on any atom is 0.0216 e. The molecule has 0 aromatic heterocycles. The Bertz CT molecular complexity index is 203. The van der Waals surface area contributed by atoms with Crippen LogP contribution in [0.1, 0.15) is 60.3 Å². The normalized spacial score (nSPS) is 15.9. The van der Waals surface area contributed by atoms with Crippen molar-refractivity contribution >= 4 is 0 Å². The lowest BCUT2D eigenvalue weighted by molar-refractivity contribution is 0.271. The summed E-state index contributed by atoms with van der Waals surface area (Å²) >= 11 is 0. The number of allylic oxidation sites excluding steroid dienone is 1. The zero-order chi connectivity index (χ0) is 12.8. The van der Waals surface area contributed by atoms with Crippen LogP contribution >= 0.6 is 0 Å². The van der Waals surface area contributed by atoms with Crippen LogP contribution < -0.4 is 11.3 Å². The standard InChI is InChI=1S/C14H30N2/c1-11(2)7-8-13(16-15)9-12(3)10-14(4,5)6/h12-13,16H,1,7-10,15H2,2-6H3. The minimum Gasteiger partial charge on any atom is -0.271 e. The molecule has 3 N–H and O–H groups in total. The fourth-order valence-corrected chi connectivity index (χ4v) is 2.30. The van der Waals surface area contributed by atoms with Crippen molar-refractivity contribution in [3.05, 3.63) is 12.2 Å². The summed E-state index contributed by atoms with van der Waals surface area (Å²) < 4.78 is 0. The summed E-state index contributed by atoms with van der Waals surface area (Å²) in [4.78, 5) is 0. The number of hydrogen-bond donors (Lipinski definition) is 2. The van der Waals surface area contributed by atoms with Crippen molar-refractivity contribution in [1.82, 2.24) is 5.43 Å². The van der Waals surface area contributed by atoms with Gasteiger partial charge in [0.25, 0.3) is 0 Å². The van der Waals surface area contributed by atoms with Gasteiger partial charge in [0, 0.05) is 6.04 Å². The van der Waals surface area contributed by atoms with E-state index >= 15 is 0 Å². The summed E-state index contributed by atoms with van der Waals surface area (Å²) in [6.07, 6.45) is 4.57. The van der Waals surface area contributed by atoms with Crippen LogP contribution in [0.3, 0.4) is 0 Å². The van der Waals surface area contributed by atoms with E-state index in [4.69, 9.17) is 5.84 Å². The molecule has 0 spiro atoms. The summed E-state index contributed by atoms with van der Waals surface area (Å²) in [5.74, 6) is 6.31. The molecule has 16 heavy (non-hydrogen) atoms. The van der Waals surface area contributed by atoms with E-state index in [0.29, 0.717) is 17.4 Å². The van der Waals surface area contributed by atoms with E-state index in [0.717, 1.165) is 19.3 Å². The van der Waals surface area contributed by atoms with E-state index in [-0.39, 0.29) is 0 Å². The van der Waals surface area contributed by atoms with E-state index in [1.165, 1.54) is 12.0 Å². The van der Waals surface area contributed by atoms with Crippen LogP contribution in [0.25, 0.3) is 0 Å². The molecular weight excluding hydrogens is 196 g/mol. The first-order valence-electron chi connectivity index (χ1n) is 6.35. The SMILES string of the molecule is C=C(C)CCC(CC(C)CC(C)(C)C)NN. The molecular formula is C14H30N2.